The Morgan fingerprint density at radius 3 is 2.62 bits per heavy atom. The lowest BCUT2D eigenvalue weighted by Gasteiger charge is -2.21. The van der Waals surface area contributed by atoms with E-state index < -0.39 is 0 Å². The minimum Gasteiger partial charge on any atom is -0.495 e. The molecule has 0 saturated heterocycles. The molecular weight excluding hydrogens is 402 g/mol. The van der Waals surface area contributed by atoms with Crippen molar-refractivity contribution >= 4 is 33.5 Å². The van der Waals surface area contributed by atoms with Gasteiger partial charge in [-0.3, -0.25) is 4.79 Å². The Kier molecular flexibility index (Phi) is 5.37. The van der Waals surface area contributed by atoms with Crippen molar-refractivity contribution < 1.29 is 23.7 Å². The van der Waals surface area contributed by atoms with E-state index in [1.807, 2.05) is 6.07 Å². The Balaban J connectivity index is 1.94. The highest BCUT2D eigenvalue weighted by Gasteiger charge is 2.20. The third-order valence-corrected chi connectivity index (χ3v) is 4.48. The van der Waals surface area contributed by atoms with Gasteiger partial charge in [-0.1, -0.05) is 0 Å². The molecule has 1 aliphatic heterocycles. The number of allylic oxidation sites excluding steroid dienone is 1. The summed E-state index contributed by atoms with van der Waals surface area (Å²) in [5.41, 5.74) is 7.42. The van der Waals surface area contributed by atoms with Crippen molar-refractivity contribution in [2.75, 3.05) is 33.2 Å². The van der Waals surface area contributed by atoms with Crippen molar-refractivity contribution in [1.29, 1.82) is 0 Å². The molecule has 3 rings (SSSR count). The molecule has 0 spiro atoms. The molecule has 0 bridgehead atoms. The second kappa shape index (κ2) is 7.70. The molecule has 0 aromatic heterocycles. The van der Waals surface area contributed by atoms with Crippen molar-refractivity contribution in [3.8, 4) is 23.0 Å². The highest BCUT2D eigenvalue weighted by Crippen LogP contribution is 2.42. The number of carbonyl (C=O) groups is 1. The molecule has 0 unspecified atom stereocenters. The van der Waals surface area contributed by atoms with Crippen molar-refractivity contribution in [3.05, 3.63) is 45.9 Å². The van der Waals surface area contributed by atoms with E-state index in [1.54, 1.807) is 37.5 Å². The van der Waals surface area contributed by atoms with Crippen LogP contribution in [0.5, 0.6) is 23.0 Å². The van der Waals surface area contributed by atoms with Gasteiger partial charge in [0.25, 0.3) is 0 Å². The minimum atomic E-state index is -0.212. The summed E-state index contributed by atoms with van der Waals surface area (Å²) in [6.45, 7) is 0.939. The van der Waals surface area contributed by atoms with Crippen LogP contribution in [0.15, 0.2) is 34.8 Å². The predicted molar refractivity (Wildman–Crippen MR) is 103 cm³/mol. The van der Waals surface area contributed by atoms with E-state index in [0.29, 0.717) is 57.5 Å². The molecule has 1 aliphatic rings. The van der Waals surface area contributed by atoms with E-state index in [9.17, 15) is 4.79 Å². The Morgan fingerprint density at radius 1 is 1.15 bits per heavy atom. The monoisotopic (exact) mass is 419 g/mol. The first-order valence-corrected chi connectivity index (χ1v) is 8.66. The highest BCUT2D eigenvalue weighted by atomic mass is 79.9. The van der Waals surface area contributed by atoms with E-state index in [1.165, 1.54) is 7.11 Å². The van der Waals surface area contributed by atoms with E-state index in [4.69, 9.17) is 24.7 Å². The molecule has 0 radical (unpaired) electrons. The first-order valence-electron chi connectivity index (χ1n) is 7.87. The van der Waals surface area contributed by atoms with Gasteiger partial charge in [0, 0.05) is 11.1 Å². The van der Waals surface area contributed by atoms with Crippen LogP contribution in [0.1, 0.15) is 15.9 Å². The first-order chi connectivity index (χ1) is 12.5. The van der Waals surface area contributed by atoms with Crippen molar-refractivity contribution in [3.63, 3.8) is 0 Å². The van der Waals surface area contributed by atoms with Gasteiger partial charge in [-0.15, -0.1) is 0 Å². The zero-order valence-corrected chi connectivity index (χ0v) is 16.0. The zero-order chi connectivity index (χ0) is 18.7. The van der Waals surface area contributed by atoms with Crippen LogP contribution in [-0.2, 0) is 0 Å². The number of hydrogen-bond acceptors (Lipinski definition) is 6. The van der Waals surface area contributed by atoms with Gasteiger partial charge in [-0.05, 0) is 52.3 Å². The van der Waals surface area contributed by atoms with Crippen molar-refractivity contribution in [1.82, 2.24) is 0 Å². The van der Waals surface area contributed by atoms with Crippen LogP contribution in [0.3, 0.4) is 0 Å². The van der Waals surface area contributed by atoms with Crippen LogP contribution in [0.2, 0.25) is 0 Å². The molecule has 0 aliphatic carbocycles. The van der Waals surface area contributed by atoms with Gasteiger partial charge in [0.05, 0.1) is 24.4 Å². The molecule has 1 heterocycles. The number of Topliss-reactive ketones (excluding diaryl/α,β-unsaturated/α-hetero) is 1. The van der Waals surface area contributed by atoms with Crippen LogP contribution in [0.25, 0.3) is 6.08 Å². The second-order valence-electron chi connectivity index (χ2n) is 5.49. The third-order valence-electron chi connectivity index (χ3n) is 3.89. The van der Waals surface area contributed by atoms with E-state index in [0.717, 1.165) is 0 Å². The normalized spacial score (nSPS) is 13.3. The molecule has 0 amide bonds. The number of nitrogen functional groups attached to an aromatic ring is 1. The van der Waals surface area contributed by atoms with Gasteiger partial charge in [-0.25, -0.2) is 0 Å². The third kappa shape index (κ3) is 3.48. The maximum absolute atomic E-state index is 12.7. The number of benzene rings is 2. The fourth-order valence-electron chi connectivity index (χ4n) is 2.65. The number of nitrogens with two attached hydrogens (primary N) is 1. The van der Waals surface area contributed by atoms with Crippen LogP contribution in [0, 0.1) is 0 Å². The van der Waals surface area contributed by atoms with Gasteiger partial charge in [0.2, 0.25) is 5.75 Å². The molecule has 7 heteroatoms. The maximum atomic E-state index is 12.7. The number of carbonyl (C=O) groups excluding carboxylic acids is 1. The van der Waals surface area contributed by atoms with Crippen LogP contribution >= 0.6 is 15.9 Å². The standard InChI is InChI=1S/C19H18BrNO5/c1-23-15-5-3-11(10-14(15)21)17(22)13(20)9-12-4-6-16-19(18(12)24-2)26-8-7-25-16/h3-6,9-10H,7-8,21H2,1-2H3/b13-9+. The first kappa shape index (κ1) is 18.1. The summed E-state index contributed by atoms with van der Waals surface area (Å²) in [7, 11) is 3.07. The number of methoxy groups -OCH3 is 2. The second-order valence-corrected chi connectivity index (χ2v) is 6.34. The number of fused-ring (bicyclic) bond motifs is 1. The Hall–Kier alpha value is -2.67. The zero-order valence-electron chi connectivity index (χ0n) is 14.4. The van der Waals surface area contributed by atoms with Crippen molar-refractivity contribution in [2.45, 2.75) is 0 Å². The molecule has 2 N–H and O–H groups in total. The van der Waals surface area contributed by atoms with Gasteiger partial charge in [0.1, 0.15) is 19.0 Å². The SMILES string of the molecule is COc1ccc(C(=O)/C(Br)=C\c2ccc3c(c2OC)OCCO3)cc1N. The fraction of sp³-hybridized carbons (Fsp3) is 0.211. The summed E-state index contributed by atoms with van der Waals surface area (Å²) in [5, 5.41) is 0. The summed E-state index contributed by atoms with van der Waals surface area (Å²) < 4.78 is 22.1. The smallest absolute Gasteiger partial charge is 0.204 e. The van der Waals surface area contributed by atoms with Crippen LogP contribution in [0.4, 0.5) is 5.69 Å². The molecule has 0 fully saturated rings. The van der Waals surface area contributed by atoms with Crippen LogP contribution < -0.4 is 24.7 Å². The minimum absolute atomic E-state index is 0.212. The molecule has 2 aromatic rings. The topological polar surface area (TPSA) is 80.0 Å². The number of ketones is 1. The van der Waals surface area contributed by atoms with Gasteiger partial charge in [-0.2, -0.15) is 0 Å². The number of anilines is 1. The summed E-state index contributed by atoms with van der Waals surface area (Å²) in [4.78, 5) is 12.7. The van der Waals surface area contributed by atoms with Gasteiger partial charge in [0.15, 0.2) is 17.3 Å². The summed E-state index contributed by atoms with van der Waals surface area (Å²) >= 11 is 3.35. The van der Waals surface area contributed by atoms with Gasteiger partial charge < -0.3 is 24.7 Å². The lowest BCUT2D eigenvalue weighted by Crippen LogP contribution is -2.16. The van der Waals surface area contributed by atoms with E-state index in [-0.39, 0.29) is 5.78 Å². The Labute approximate surface area is 159 Å². The average molecular weight is 420 g/mol. The lowest BCUT2D eigenvalue weighted by atomic mass is 10.1. The summed E-state index contributed by atoms with van der Waals surface area (Å²) in [6, 6.07) is 8.50. The number of hydrogen-bond donors (Lipinski definition) is 1. The molecule has 2 aromatic carbocycles. The van der Waals surface area contributed by atoms with Crippen molar-refractivity contribution in [2.24, 2.45) is 0 Å². The lowest BCUT2D eigenvalue weighted by molar-refractivity contribution is 0.104. The van der Waals surface area contributed by atoms with Gasteiger partial charge >= 0.3 is 0 Å². The largest absolute Gasteiger partial charge is 0.495 e. The molecule has 0 saturated carbocycles. The number of halogens is 1. The average Bonchev–Trinajstić information content (AvgIpc) is 2.67. The fourth-order valence-corrected chi connectivity index (χ4v) is 3.12. The van der Waals surface area contributed by atoms with E-state index in [2.05, 4.69) is 15.9 Å². The predicted octanol–water partition coefficient (Wildman–Crippen LogP) is 3.68. The van der Waals surface area contributed by atoms with Crippen LogP contribution in [-0.4, -0.2) is 33.2 Å². The number of ether oxygens (including phenoxy) is 4. The molecule has 136 valence electrons. The molecule has 0 atom stereocenters. The molecular formula is C19H18BrNO5. The quantitative estimate of drug-likeness (QED) is 0.452. The Bertz CT molecular complexity index is 878. The molecule has 26 heavy (non-hydrogen) atoms. The Morgan fingerprint density at radius 2 is 1.92 bits per heavy atom. The highest BCUT2D eigenvalue weighted by molar-refractivity contribution is 9.12. The number of rotatable bonds is 5. The van der Waals surface area contributed by atoms with E-state index >= 15 is 0 Å². The maximum Gasteiger partial charge on any atom is 0.204 e. The summed E-state index contributed by atoms with van der Waals surface area (Å²) in [6.07, 6.45) is 1.68. The summed E-state index contributed by atoms with van der Waals surface area (Å²) in [5.74, 6) is 1.98. The molecule has 6 nitrogen and oxygen atoms in total.